The molecule has 0 bridgehead atoms. The van der Waals surface area contributed by atoms with E-state index in [1.54, 1.807) is 7.11 Å². The number of benzene rings is 1. The number of nitrogens with one attached hydrogen (secondary N) is 2. The molecule has 1 aromatic carbocycles. The zero-order chi connectivity index (χ0) is 21.3. The minimum atomic E-state index is -4.43. The highest BCUT2D eigenvalue weighted by Crippen LogP contribution is 2.29. The molecule has 168 valence electrons. The zero-order valence-corrected chi connectivity index (χ0v) is 20.2. The van der Waals surface area contributed by atoms with Crippen molar-refractivity contribution < 1.29 is 22.6 Å². The number of methoxy groups -OCH3 is 1. The van der Waals surface area contributed by atoms with Gasteiger partial charge in [0, 0.05) is 24.6 Å². The third-order valence-corrected chi connectivity index (χ3v) is 4.62. The summed E-state index contributed by atoms with van der Waals surface area (Å²) in [5.74, 6) is 1.22. The molecular formula is C19H26F3IN4O2S. The van der Waals surface area contributed by atoms with Gasteiger partial charge in [-0.1, -0.05) is 12.1 Å². The second-order valence-corrected chi connectivity index (χ2v) is 7.07. The highest BCUT2D eigenvalue weighted by molar-refractivity contribution is 14.0. The Morgan fingerprint density at radius 2 is 2.00 bits per heavy atom. The largest absolute Gasteiger partial charge is 0.491 e. The van der Waals surface area contributed by atoms with Crippen LogP contribution in [0.2, 0.25) is 0 Å². The third-order valence-electron chi connectivity index (χ3n) is 3.77. The van der Waals surface area contributed by atoms with E-state index in [-0.39, 0.29) is 30.5 Å². The number of aromatic nitrogens is 1. The van der Waals surface area contributed by atoms with Crippen LogP contribution >= 0.6 is 35.3 Å². The standard InChI is InChI=1S/C19H25F3N4O2S.HI/c1-4-23-18(25-11-17-26-16(12-29-17)19(20,21)22)24-10-14-6-5-13(2)9-15(14)28-8-7-27-3;/h5-6,9,12H,4,7-8,10-11H2,1-3H3,(H2,23,24,25);1H. The van der Waals surface area contributed by atoms with Gasteiger partial charge >= 0.3 is 6.18 Å². The summed E-state index contributed by atoms with van der Waals surface area (Å²) in [7, 11) is 1.61. The molecule has 0 unspecified atom stereocenters. The molecule has 6 nitrogen and oxygen atoms in total. The lowest BCUT2D eigenvalue weighted by atomic mass is 10.1. The Morgan fingerprint density at radius 1 is 1.23 bits per heavy atom. The number of nitrogens with zero attached hydrogens (tertiary/aromatic N) is 2. The fourth-order valence-corrected chi connectivity index (χ4v) is 3.09. The summed E-state index contributed by atoms with van der Waals surface area (Å²) in [5, 5.41) is 7.44. The van der Waals surface area contributed by atoms with E-state index >= 15 is 0 Å². The molecule has 0 saturated carbocycles. The van der Waals surface area contributed by atoms with Crippen molar-refractivity contribution in [3.05, 3.63) is 45.4 Å². The number of thiazole rings is 1. The van der Waals surface area contributed by atoms with Crippen LogP contribution in [0.1, 0.15) is 28.8 Å². The number of rotatable bonds is 9. The number of aliphatic imine (C=N–C) groups is 1. The number of guanidine groups is 1. The summed E-state index contributed by atoms with van der Waals surface area (Å²) in [4.78, 5) is 8.12. The van der Waals surface area contributed by atoms with Crippen molar-refractivity contribution in [2.75, 3.05) is 26.9 Å². The molecule has 0 spiro atoms. The summed E-state index contributed by atoms with van der Waals surface area (Å²) in [6.45, 7) is 5.91. The van der Waals surface area contributed by atoms with Crippen LogP contribution in [0.3, 0.4) is 0 Å². The highest BCUT2D eigenvalue weighted by Gasteiger charge is 2.33. The monoisotopic (exact) mass is 558 g/mol. The molecule has 1 aromatic heterocycles. The van der Waals surface area contributed by atoms with Crippen molar-refractivity contribution in [3.8, 4) is 5.75 Å². The van der Waals surface area contributed by atoms with E-state index in [1.165, 1.54) is 0 Å². The topological polar surface area (TPSA) is 67.8 Å². The van der Waals surface area contributed by atoms with Gasteiger partial charge in [0.2, 0.25) is 0 Å². The van der Waals surface area contributed by atoms with E-state index < -0.39 is 11.9 Å². The first kappa shape index (κ1) is 26.4. The van der Waals surface area contributed by atoms with Gasteiger partial charge in [-0.25, -0.2) is 9.98 Å². The molecule has 0 aliphatic carbocycles. The van der Waals surface area contributed by atoms with Crippen molar-refractivity contribution in [3.63, 3.8) is 0 Å². The van der Waals surface area contributed by atoms with Crippen LogP contribution in [0.15, 0.2) is 28.6 Å². The lowest BCUT2D eigenvalue weighted by molar-refractivity contribution is -0.140. The number of alkyl halides is 3. The van der Waals surface area contributed by atoms with Gasteiger partial charge in [-0.05, 0) is 25.5 Å². The fraction of sp³-hybridized carbons (Fsp3) is 0.474. The summed E-state index contributed by atoms with van der Waals surface area (Å²) < 4.78 is 48.8. The van der Waals surface area contributed by atoms with E-state index in [9.17, 15) is 13.2 Å². The normalized spacial score (nSPS) is 11.7. The second kappa shape index (κ2) is 13.0. The van der Waals surface area contributed by atoms with Crippen LogP contribution in [0.4, 0.5) is 13.2 Å². The molecule has 0 radical (unpaired) electrons. The van der Waals surface area contributed by atoms with Crippen molar-refractivity contribution >= 4 is 41.3 Å². The Kier molecular flexibility index (Phi) is 11.4. The molecule has 0 amide bonds. The van der Waals surface area contributed by atoms with Gasteiger partial charge in [0.25, 0.3) is 0 Å². The van der Waals surface area contributed by atoms with Gasteiger partial charge in [-0.3, -0.25) is 0 Å². The Labute approximate surface area is 195 Å². The van der Waals surface area contributed by atoms with Crippen LogP contribution in [-0.2, 0) is 24.0 Å². The number of hydrogen-bond acceptors (Lipinski definition) is 5. The Morgan fingerprint density at radius 3 is 2.63 bits per heavy atom. The van der Waals surface area contributed by atoms with E-state index in [0.717, 1.165) is 33.6 Å². The minimum Gasteiger partial charge on any atom is -0.491 e. The molecule has 2 N–H and O–H groups in total. The van der Waals surface area contributed by atoms with E-state index in [1.807, 2.05) is 32.0 Å². The Bertz CT molecular complexity index is 815. The molecule has 11 heteroatoms. The number of halogens is 4. The molecule has 30 heavy (non-hydrogen) atoms. The highest BCUT2D eigenvalue weighted by atomic mass is 127. The molecule has 2 aromatic rings. The second-order valence-electron chi connectivity index (χ2n) is 6.13. The minimum absolute atomic E-state index is 0. The first-order chi connectivity index (χ1) is 13.8. The van der Waals surface area contributed by atoms with Crippen molar-refractivity contribution in [1.82, 2.24) is 15.6 Å². The third kappa shape index (κ3) is 8.64. The lowest BCUT2D eigenvalue weighted by Gasteiger charge is -2.13. The molecule has 2 rings (SSSR count). The predicted molar refractivity (Wildman–Crippen MR) is 123 cm³/mol. The first-order valence-electron chi connectivity index (χ1n) is 9.08. The van der Waals surface area contributed by atoms with Gasteiger partial charge in [0.1, 0.15) is 17.4 Å². The van der Waals surface area contributed by atoms with E-state index in [4.69, 9.17) is 9.47 Å². The quantitative estimate of drug-likeness (QED) is 0.207. The van der Waals surface area contributed by atoms with Crippen molar-refractivity contribution in [2.24, 2.45) is 4.99 Å². The maximum atomic E-state index is 12.7. The van der Waals surface area contributed by atoms with Gasteiger partial charge in [-0.15, -0.1) is 35.3 Å². The Hall–Kier alpha value is -1.60. The molecule has 0 aliphatic heterocycles. The lowest BCUT2D eigenvalue weighted by Crippen LogP contribution is -2.36. The van der Waals surface area contributed by atoms with E-state index in [2.05, 4.69) is 20.6 Å². The number of ether oxygens (including phenoxy) is 2. The van der Waals surface area contributed by atoms with Crippen LogP contribution in [-0.4, -0.2) is 37.8 Å². The van der Waals surface area contributed by atoms with Gasteiger partial charge in [-0.2, -0.15) is 13.2 Å². The van der Waals surface area contributed by atoms with E-state index in [0.29, 0.717) is 37.3 Å². The smallest absolute Gasteiger partial charge is 0.434 e. The van der Waals surface area contributed by atoms with Crippen LogP contribution in [0.25, 0.3) is 0 Å². The van der Waals surface area contributed by atoms with Gasteiger partial charge in [0.05, 0.1) is 19.7 Å². The SMILES string of the molecule is CCNC(=NCc1ccc(C)cc1OCCOC)NCc1nc(C(F)(F)F)cs1.I. The van der Waals surface area contributed by atoms with Crippen molar-refractivity contribution in [2.45, 2.75) is 33.1 Å². The predicted octanol–water partition coefficient (Wildman–Crippen LogP) is 4.37. The van der Waals surface area contributed by atoms with Crippen LogP contribution in [0.5, 0.6) is 5.75 Å². The summed E-state index contributed by atoms with van der Waals surface area (Å²) in [6.07, 6.45) is -4.43. The molecule has 0 atom stereocenters. The molecule has 0 aliphatic rings. The maximum absolute atomic E-state index is 12.7. The van der Waals surface area contributed by atoms with Gasteiger partial charge in [0.15, 0.2) is 11.7 Å². The maximum Gasteiger partial charge on any atom is 0.434 e. The Balaban J connectivity index is 0.00000450. The fourth-order valence-electron chi connectivity index (χ4n) is 2.35. The molecule has 1 heterocycles. The summed E-state index contributed by atoms with van der Waals surface area (Å²) in [5.41, 5.74) is 1.09. The number of aryl methyl sites for hydroxylation is 1. The van der Waals surface area contributed by atoms with Gasteiger partial charge < -0.3 is 20.1 Å². The van der Waals surface area contributed by atoms with Crippen LogP contribution in [0, 0.1) is 6.92 Å². The number of hydrogen-bond donors (Lipinski definition) is 2. The van der Waals surface area contributed by atoms with Crippen LogP contribution < -0.4 is 15.4 Å². The first-order valence-corrected chi connectivity index (χ1v) is 9.96. The summed E-state index contributed by atoms with van der Waals surface area (Å²) >= 11 is 0.958. The average Bonchev–Trinajstić information content (AvgIpc) is 3.15. The molecule has 0 saturated heterocycles. The molecule has 0 fully saturated rings. The average molecular weight is 558 g/mol. The summed E-state index contributed by atoms with van der Waals surface area (Å²) in [6, 6.07) is 5.86. The van der Waals surface area contributed by atoms with Crippen molar-refractivity contribution in [1.29, 1.82) is 0 Å². The zero-order valence-electron chi connectivity index (χ0n) is 17.0. The molecular weight excluding hydrogens is 532 g/mol.